The SMILES string of the molecule is CCOC(=O)C(CCCCNS(=O)(=O)c1ccc(C)cc1)NS(=O)(=O)c1cc(Cl)ccc1Cl. The summed E-state index contributed by atoms with van der Waals surface area (Å²) < 4.78 is 60.0. The number of carbonyl (C=O) groups is 1. The van der Waals surface area contributed by atoms with E-state index in [1.165, 1.54) is 30.3 Å². The lowest BCUT2D eigenvalue weighted by atomic mass is 10.1. The van der Waals surface area contributed by atoms with Gasteiger partial charge in [-0.2, -0.15) is 4.72 Å². The van der Waals surface area contributed by atoms with Crippen molar-refractivity contribution in [2.75, 3.05) is 13.2 Å². The lowest BCUT2D eigenvalue weighted by molar-refractivity contribution is -0.145. The minimum atomic E-state index is -4.16. The average Bonchev–Trinajstić information content (AvgIpc) is 2.74. The Kier molecular flexibility index (Phi) is 10.1. The molecule has 0 aromatic heterocycles. The van der Waals surface area contributed by atoms with Crippen LogP contribution in [0.3, 0.4) is 0 Å². The van der Waals surface area contributed by atoms with Crippen LogP contribution >= 0.6 is 23.2 Å². The van der Waals surface area contributed by atoms with Crippen molar-refractivity contribution in [2.24, 2.45) is 0 Å². The Balaban J connectivity index is 1.99. The molecule has 0 spiro atoms. The van der Waals surface area contributed by atoms with Crippen LogP contribution in [-0.2, 0) is 29.6 Å². The summed E-state index contributed by atoms with van der Waals surface area (Å²) in [6.45, 7) is 3.67. The van der Waals surface area contributed by atoms with Crippen LogP contribution in [0.1, 0.15) is 31.7 Å². The lowest BCUT2D eigenvalue weighted by Crippen LogP contribution is -2.42. The van der Waals surface area contributed by atoms with E-state index >= 15 is 0 Å². The van der Waals surface area contributed by atoms with Gasteiger partial charge in [0.05, 0.1) is 16.5 Å². The molecule has 182 valence electrons. The molecule has 2 aromatic carbocycles. The maximum absolute atomic E-state index is 12.8. The molecule has 0 saturated heterocycles. The second-order valence-corrected chi connectivity index (χ2v) is 11.5. The molecule has 12 heteroatoms. The van der Waals surface area contributed by atoms with Gasteiger partial charge in [-0.3, -0.25) is 4.79 Å². The summed E-state index contributed by atoms with van der Waals surface area (Å²) in [5.41, 5.74) is 0.945. The van der Waals surface area contributed by atoms with E-state index in [2.05, 4.69) is 9.44 Å². The summed E-state index contributed by atoms with van der Waals surface area (Å²) >= 11 is 11.9. The highest BCUT2D eigenvalue weighted by Crippen LogP contribution is 2.25. The van der Waals surface area contributed by atoms with Crippen LogP contribution in [0.15, 0.2) is 52.3 Å². The molecule has 2 N–H and O–H groups in total. The molecule has 8 nitrogen and oxygen atoms in total. The van der Waals surface area contributed by atoms with Crippen LogP contribution < -0.4 is 9.44 Å². The van der Waals surface area contributed by atoms with Gasteiger partial charge in [-0.05, 0) is 63.4 Å². The minimum Gasteiger partial charge on any atom is -0.465 e. The molecule has 0 heterocycles. The van der Waals surface area contributed by atoms with Crippen molar-refractivity contribution < 1.29 is 26.4 Å². The zero-order chi connectivity index (χ0) is 24.6. The molecule has 0 saturated carbocycles. The van der Waals surface area contributed by atoms with Crippen molar-refractivity contribution in [3.05, 3.63) is 58.1 Å². The Morgan fingerprint density at radius 3 is 2.30 bits per heavy atom. The lowest BCUT2D eigenvalue weighted by Gasteiger charge is -2.18. The second kappa shape index (κ2) is 12.1. The predicted octanol–water partition coefficient (Wildman–Crippen LogP) is 3.66. The molecule has 0 aliphatic rings. The number of hydrogen-bond donors (Lipinski definition) is 2. The number of esters is 1. The van der Waals surface area contributed by atoms with Gasteiger partial charge in [0, 0.05) is 11.6 Å². The minimum absolute atomic E-state index is 0.0416. The number of rotatable bonds is 12. The summed E-state index contributed by atoms with van der Waals surface area (Å²) in [7, 11) is -7.82. The third-order valence-corrected chi connectivity index (χ3v) is 8.26. The van der Waals surface area contributed by atoms with Crippen molar-refractivity contribution in [1.82, 2.24) is 9.44 Å². The highest BCUT2D eigenvalue weighted by molar-refractivity contribution is 7.89. The van der Waals surface area contributed by atoms with E-state index in [4.69, 9.17) is 27.9 Å². The summed E-state index contributed by atoms with van der Waals surface area (Å²) in [4.78, 5) is 12.2. The fourth-order valence-corrected chi connectivity index (χ4v) is 5.94. The van der Waals surface area contributed by atoms with E-state index in [1.807, 2.05) is 6.92 Å². The first-order valence-corrected chi connectivity index (χ1v) is 13.9. The molecule has 1 unspecified atom stereocenters. The number of hydrogen-bond acceptors (Lipinski definition) is 6. The molecular weight excluding hydrogens is 511 g/mol. The number of nitrogens with one attached hydrogen (secondary N) is 2. The summed E-state index contributed by atoms with van der Waals surface area (Å²) in [5, 5.41) is 0.133. The van der Waals surface area contributed by atoms with Crippen LogP contribution in [0.25, 0.3) is 0 Å². The summed E-state index contributed by atoms with van der Waals surface area (Å²) in [6.07, 6.45) is 0.828. The summed E-state index contributed by atoms with van der Waals surface area (Å²) in [5.74, 6) is -0.737. The topological polar surface area (TPSA) is 119 Å². The number of sulfonamides is 2. The first kappa shape index (κ1) is 27.6. The third-order valence-electron chi connectivity index (χ3n) is 4.59. The fraction of sp³-hybridized carbons (Fsp3) is 0.381. The van der Waals surface area contributed by atoms with Gasteiger partial charge in [0.25, 0.3) is 0 Å². The van der Waals surface area contributed by atoms with Crippen molar-refractivity contribution >= 4 is 49.2 Å². The fourth-order valence-electron chi connectivity index (χ4n) is 2.88. The largest absolute Gasteiger partial charge is 0.465 e. The highest BCUT2D eigenvalue weighted by Gasteiger charge is 2.28. The molecule has 33 heavy (non-hydrogen) atoms. The first-order chi connectivity index (χ1) is 15.5. The maximum atomic E-state index is 12.8. The molecule has 0 aliphatic heterocycles. The molecule has 1 atom stereocenters. The van der Waals surface area contributed by atoms with Gasteiger partial charge < -0.3 is 4.74 Å². The Hall–Kier alpha value is -1.69. The van der Waals surface area contributed by atoms with E-state index < -0.39 is 32.1 Å². The van der Waals surface area contributed by atoms with E-state index in [-0.39, 0.29) is 39.4 Å². The molecular formula is C21H26Cl2N2O6S2. The van der Waals surface area contributed by atoms with E-state index in [1.54, 1.807) is 19.1 Å². The molecule has 2 aromatic rings. The smallest absolute Gasteiger partial charge is 0.324 e. The molecule has 0 bridgehead atoms. The quantitative estimate of drug-likeness (QED) is 0.315. The first-order valence-electron chi connectivity index (χ1n) is 10.2. The standard InChI is InChI=1S/C21H26Cl2N2O6S2/c1-3-31-21(26)19(25-33(29,30)20-14-16(22)9-12-18(20)23)6-4-5-13-24-32(27,28)17-10-7-15(2)8-11-17/h7-12,14,19,24-25H,3-6,13H2,1-2H3. The molecule has 2 rings (SSSR count). The summed E-state index contributed by atoms with van der Waals surface area (Å²) in [6, 6.07) is 9.26. The monoisotopic (exact) mass is 536 g/mol. The number of aryl methyl sites for hydroxylation is 1. The van der Waals surface area contributed by atoms with Crippen LogP contribution in [0.5, 0.6) is 0 Å². The van der Waals surface area contributed by atoms with Crippen LogP contribution in [0.2, 0.25) is 10.0 Å². The van der Waals surface area contributed by atoms with Gasteiger partial charge >= 0.3 is 5.97 Å². The van der Waals surface area contributed by atoms with Gasteiger partial charge in [0.2, 0.25) is 20.0 Å². The zero-order valence-electron chi connectivity index (χ0n) is 18.2. The van der Waals surface area contributed by atoms with E-state index in [0.29, 0.717) is 12.8 Å². The Labute approximate surface area is 204 Å². The van der Waals surface area contributed by atoms with Gasteiger partial charge in [-0.1, -0.05) is 40.9 Å². The van der Waals surface area contributed by atoms with E-state index in [9.17, 15) is 21.6 Å². The Morgan fingerprint density at radius 1 is 1.00 bits per heavy atom. The molecule has 0 amide bonds. The van der Waals surface area contributed by atoms with Crippen LogP contribution in [-0.4, -0.2) is 42.0 Å². The normalized spacial score (nSPS) is 13.0. The zero-order valence-corrected chi connectivity index (χ0v) is 21.3. The van der Waals surface area contributed by atoms with E-state index in [0.717, 1.165) is 5.56 Å². The van der Waals surface area contributed by atoms with Crippen molar-refractivity contribution in [3.63, 3.8) is 0 Å². The Bertz CT molecular complexity index is 1170. The van der Waals surface area contributed by atoms with Crippen molar-refractivity contribution in [2.45, 2.75) is 48.9 Å². The molecule has 0 radical (unpaired) electrons. The van der Waals surface area contributed by atoms with Crippen molar-refractivity contribution in [1.29, 1.82) is 0 Å². The maximum Gasteiger partial charge on any atom is 0.324 e. The third kappa shape index (κ3) is 8.24. The molecule has 0 aliphatic carbocycles. The molecule has 0 fully saturated rings. The Morgan fingerprint density at radius 2 is 1.67 bits per heavy atom. The second-order valence-electron chi connectivity index (χ2n) is 7.21. The van der Waals surface area contributed by atoms with Gasteiger partial charge in [-0.15, -0.1) is 0 Å². The van der Waals surface area contributed by atoms with Gasteiger partial charge in [0.15, 0.2) is 0 Å². The predicted molar refractivity (Wildman–Crippen MR) is 127 cm³/mol. The van der Waals surface area contributed by atoms with Gasteiger partial charge in [0.1, 0.15) is 10.9 Å². The number of unbranched alkanes of at least 4 members (excludes halogenated alkanes) is 1. The van der Waals surface area contributed by atoms with Crippen LogP contribution in [0, 0.1) is 6.92 Å². The average molecular weight is 537 g/mol. The van der Waals surface area contributed by atoms with Crippen LogP contribution in [0.4, 0.5) is 0 Å². The number of benzene rings is 2. The highest BCUT2D eigenvalue weighted by atomic mass is 35.5. The number of carbonyl (C=O) groups excluding carboxylic acids is 1. The van der Waals surface area contributed by atoms with Gasteiger partial charge in [-0.25, -0.2) is 21.6 Å². The number of halogens is 2. The van der Waals surface area contributed by atoms with Crippen molar-refractivity contribution in [3.8, 4) is 0 Å². The number of ether oxygens (including phenoxy) is 1.